The first-order valence-corrected chi connectivity index (χ1v) is 10.5. The molecule has 0 aromatic heterocycles. The van der Waals surface area contributed by atoms with Gasteiger partial charge in [0.2, 0.25) is 11.8 Å². The number of halogens is 1. The number of methoxy groups -OCH3 is 3. The van der Waals surface area contributed by atoms with Crippen molar-refractivity contribution < 1.29 is 23.8 Å². The van der Waals surface area contributed by atoms with Crippen molar-refractivity contribution in [2.75, 3.05) is 39.3 Å². The number of fused-ring (bicyclic) bond motifs is 1. The second-order valence-electron chi connectivity index (χ2n) is 7.71. The van der Waals surface area contributed by atoms with Crippen molar-refractivity contribution in [3.05, 3.63) is 46.5 Å². The molecule has 0 spiro atoms. The molecule has 2 aliphatic heterocycles. The van der Waals surface area contributed by atoms with Crippen LogP contribution in [0.15, 0.2) is 30.3 Å². The molecular weight excluding hydrogens is 420 g/mol. The molecule has 0 radical (unpaired) electrons. The van der Waals surface area contributed by atoms with Gasteiger partial charge >= 0.3 is 0 Å². The summed E-state index contributed by atoms with van der Waals surface area (Å²) < 4.78 is 16.0. The molecule has 1 atom stereocenters. The average Bonchev–Trinajstić information content (AvgIpc) is 3.18. The van der Waals surface area contributed by atoms with Crippen molar-refractivity contribution in [1.29, 1.82) is 0 Å². The molecule has 2 amide bonds. The first-order chi connectivity index (χ1) is 14.9. The summed E-state index contributed by atoms with van der Waals surface area (Å²) in [6.45, 7) is 1.45. The molecule has 8 heteroatoms. The molecule has 164 valence electrons. The Labute approximate surface area is 186 Å². The Morgan fingerprint density at radius 1 is 1.00 bits per heavy atom. The minimum absolute atomic E-state index is 0.00380. The first-order valence-electron chi connectivity index (χ1n) is 10.1. The summed E-state index contributed by atoms with van der Waals surface area (Å²) in [4.78, 5) is 29.3. The largest absolute Gasteiger partial charge is 0.495 e. The number of rotatable bonds is 5. The van der Waals surface area contributed by atoms with Crippen LogP contribution in [-0.4, -0.2) is 51.1 Å². The fourth-order valence-corrected chi connectivity index (χ4v) is 4.53. The van der Waals surface area contributed by atoms with E-state index in [0.717, 1.165) is 17.5 Å². The van der Waals surface area contributed by atoms with Crippen molar-refractivity contribution in [2.24, 2.45) is 5.92 Å². The van der Waals surface area contributed by atoms with Gasteiger partial charge in [-0.25, -0.2) is 0 Å². The van der Waals surface area contributed by atoms with Gasteiger partial charge in [0.25, 0.3) is 0 Å². The van der Waals surface area contributed by atoms with Gasteiger partial charge in [0, 0.05) is 31.7 Å². The molecule has 4 rings (SSSR count). The number of benzene rings is 2. The molecule has 2 aromatic carbocycles. The predicted molar refractivity (Wildman–Crippen MR) is 117 cm³/mol. The Balaban J connectivity index is 1.48. The highest BCUT2D eigenvalue weighted by atomic mass is 35.5. The van der Waals surface area contributed by atoms with Crippen molar-refractivity contribution >= 4 is 29.1 Å². The van der Waals surface area contributed by atoms with Crippen LogP contribution in [-0.2, 0) is 22.6 Å². The van der Waals surface area contributed by atoms with Crippen LogP contribution in [0.2, 0.25) is 5.02 Å². The van der Waals surface area contributed by atoms with Gasteiger partial charge in [0.05, 0.1) is 32.3 Å². The zero-order chi connectivity index (χ0) is 22.1. The zero-order valence-corrected chi connectivity index (χ0v) is 18.6. The topological polar surface area (TPSA) is 68.3 Å². The summed E-state index contributed by atoms with van der Waals surface area (Å²) in [5.74, 6) is 1.42. The number of carbonyl (C=O) groups is 2. The van der Waals surface area contributed by atoms with E-state index >= 15 is 0 Å². The second kappa shape index (κ2) is 8.67. The monoisotopic (exact) mass is 444 g/mol. The van der Waals surface area contributed by atoms with Gasteiger partial charge in [0.15, 0.2) is 11.5 Å². The number of ether oxygens (including phenoxy) is 3. The first kappa shape index (κ1) is 21.3. The lowest BCUT2D eigenvalue weighted by molar-refractivity contribution is -0.136. The normalized spacial score (nSPS) is 18.1. The summed E-state index contributed by atoms with van der Waals surface area (Å²) >= 11 is 6.21. The highest BCUT2D eigenvalue weighted by Crippen LogP contribution is 2.35. The molecule has 0 aliphatic carbocycles. The maximum atomic E-state index is 13.2. The predicted octanol–water partition coefficient (Wildman–Crippen LogP) is 3.30. The standard InChI is InChI=1S/C23H25ClN2O5/c1-29-19-5-4-17(11-18(19)24)26-13-16(10-22(26)27)23(28)25-7-6-14-8-20(30-2)21(31-3)9-15(14)12-25/h4-5,8-9,11,16H,6-7,10,12-13H2,1-3H3. The van der Waals surface area contributed by atoms with Crippen LogP contribution < -0.4 is 19.1 Å². The molecular formula is C23H25ClN2O5. The molecule has 2 heterocycles. The summed E-state index contributed by atoms with van der Waals surface area (Å²) in [6.07, 6.45) is 0.928. The number of nitrogens with zero attached hydrogens (tertiary/aromatic N) is 2. The lowest BCUT2D eigenvalue weighted by Crippen LogP contribution is -2.40. The Morgan fingerprint density at radius 3 is 2.32 bits per heavy atom. The van der Waals surface area contributed by atoms with Gasteiger partial charge in [-0.1, -0.05) is 11.6 Å². The van der Waals surface area contributed by atoms with Crippen LogP contribution >= 0.6 is 11.6 Å². The van der Waals surface area contributed by atoms with E-state index in [0.29, 0.717) is 47.6 Å². The SMILES string of the molecule is COc1ccc(N2CC(C(=O)N3CCc4cc(OC)c(OC)cc4C3)CC2=O)cc1Cl. The molecule has 0 N–H and O–H groups in total. The smallest absolute Gasteiger partial charge is 0.228 e. The Kier molecular flexibility index (Phi) is 5.96. The molecule has 1 saturated heterocycles. The van der Waals surface area contributed by atoms with E-state index in [4.69, 9.17) is 25.8 Å². The van der Waals surface area contributed by atoms with E-state index in [1.54, 1.807) is 44.4 Å². The molecule has 2 aromatic rings. The third kappa shape index (κ3) is 4.02. The van der Waals surface area contributed by atoms with Crippen LogP contribution in [0.25, 0.3) is 0 Å². The second-order valence-corrected chi connectivity index (χ2v) is 8.12. The van der Waals surface area contributed by atoms with Gasteiger partial charge in [-0.2, -0.15) is 0 Å². The summed E-state index contributed by atoms with van der Waals surface area (Å²) in [6, 6.07) is 9.11. The number of amides is 2. The van der Waals surface area contributed by atoms with Crippen LogP contribution in [0.1, 0.15) is 17.5 Å². The quantitative estimate of drug-likeness (QED) is 0.707. The Bertz CT molecular complexity index is 1030. The number of carbonyl (C=O) groups excluding carboxylic acids is 2. The maximum absolute atomic E-state index is 13.2. The molecule has 1 unspecified atom stereocenters. The fraction of sp³-hybridized carbons (Fsp3) is 0.391. The van der Waals surface area contributed by atoms with Gasteiger partial charge in [-0.15, -0.1) is 0 Å². The van der Waals surface area contributed by atoms with Gasteiger partial charge in [-0.3, -0.25) is 9.59 Å². The van der Waals surface area contributed by atoms with Gasteiger partial charge in [0.1, 0.15) is 5.75 Å². The van der Waals surface area contributed by atoms with Crippen LogP contribution in [0.3, 0.4) is 0 Å². The minimum Gasteiger partial charge on any atom is -0.495 e. The van der Waals surface area contributed by atoms with E-state index in [9.17, 15) is 9.59 Å². The van der Waals surface area contributed by atoms with Crippen molar-refractivity contribution in [3.63, 3.8) is 0 Å². The van der Waals surface area contributed by atoms with Crippen molar-refractivity contribution in [1.82, 2.24) is 4.90 Å². The maximum Gasteiger partial charge on any atom is 0.228 e. The zero-order valence-electron chi connectivity index (χ0n) is 17.8. The van der Waals surface area contributed by atoms with E-state index in [-0.39, 0.29) is 24.2 Å². The van der Waals surface area contributed by atoms with Crippen LogP contribution in [0.4, 0.5) is 5.69 Å². The molecule has 2 aliphatic rings. The highest BCUT2D eigenvalue weighted by Gasteiger charge is 2.38. The van der Waals surface area contributed by atoms with E-state index in [1.165, 1.54) is 0 Å². The van der Waals surface area contributed by atoms with E-state index in [1.807, 2.05) is 17.0 Å². The summed E-state index contributed by atoms with van der Waals surface area (Å²) in [5, 5.41) is 0.430. The summed E-state index contributed by atoms with van der Waals surface area (Å²) in [5.41, 5.74) is 2.87. The fourth-order valence-electron chi connectivity index (χ4n) is 4.28. The van der Waals surface area contributed by atoms with Crippen molar-refractivity contribution in [3.8, 4) is 17.2 Å². The lowest BCUT2D eigenvalue weighted by Gasteiger charge is -2.31. The Morgan fingerprint density at radius 2 is 1.68 bits per heavy atom. The van der Waals surface area contributed by atoms with Crippen molar-refractivity contribution in [2.45, 2.75) is 19.4 Å². The number of hydrogen-bond donors (Lipinski definition) is 0. The molecule has 7 nitrogen and oxygen atoms in total. The van der Waals surface area contributed by atoms with Crippen LogP contribution in [0, 0.1) is 5.92 Å². The summed E-state index contributed by atoms with van der Waals surface area (Å²) in [7, 11) is 4.75. The van der Waals surface area contributed by atoms with E-state index in [2.05, 4.69) is 0 Å². The molecule has 0 bridgehead atoms. The highest BCUT2D eigenvalue weighted by molar-refractivity contribution is 6.32. The third-order valence-electron chi connectivity index (χ3n) is 5.95. The molecule has 0 saturated carbocycles. The minimum atomic E-state index is -0.380. The van der Waals surface area contributed by atoms with Crippen LogP contribution in [0.5, 0.6) is 17.2 Å². The van der Waals surface area contributed by atoms with E-state index < -0.39 is 0 Å². The Hall–Kier alpha value is -2.93. The molecule has 1 fully saturated rings. The molecule has 31 heavy (non-hydrogen) atoms. The number of hydrogen-bond acceptors (Lipinski definition) is 5. The van der Waals surface area contributed by atoms with Gasteiger partial charge < -0.3 is 24.0 Å². The van der Waals surface area contributed by atoms with Gasteiger partial charge in [-0.05, 0) is 47.9 Å². The number of anilines is 1. The lowest BCUT2D eigenvalue weighted by atomic mass is 9.97. The third-order valence-corrected chi connectivity index (χ3v) is 6.25. The average molecular weight is 445 g/mol.